The van der Waals surface area contributed by atoms with Gasteiger partial charge >= 0.3 is 5.97 Å². The third kappa shape index (κ3) is 2.70. The third-order valence-electron chi connectivity index (χ3n) is 5.96. The fourth-order valence-corrected chi connectivity index (χ4v) is 5.14. The lowest BCUT2D eigenvalue weighted by Gasteiger charge is -2.30. The molecule has 0 spiro atoms. The van der Waals surface area contributed by atoms with Gasteiger partial charge in [0.1, 0.15) is 6.10 Å². The number of hydrogen-bond acceptors (Lipinski definition) is 3. The quantitative estimate of drug-likeness (QED) is 0.556. The molecule has 0 N–H and O–H groups in total. The number of ether oxygens (including phenoxy) is 1. The Morgan fingerprint density at radius 3 is 2.48 bits per heavy atom. The second-order valence-electron chi connectivity index (χ2n) is 6.95. The standard InChI is InChI=1S/C18H24O3/c1-3-13(19)6-5-11-7-14-12-9-16(15(14)8-11)17(10-12)21-18(20)4-2/h3-4,11-12,14-17H,1-2,5-10H2. The molecule has 0 saturated heterocycles. The molecule has 6 unspecified atom stereocenters. The van der Waals surface area contributed by atoms with Crippen LogP contribution in [0.1, 0.15) is 38.5 Å². The van der Waals surface area contributed by atoms with E-state index < -0.39 is 0 Å². The molecule has 0 amide bonds. The highest BCUT2D eigenvalue weighted by molar-refractivity contribution is 5.88. The Labute approximate surface area is 126 Å². The molecule has 0 heterocycles. The van der Waals surface area contributed by atoms with Crippen LogP contribution in [0.2, 0.25) is 0 Å². The van der Waals surface area contributed by atoms with Crippen LogP contribution < -0.4 is 0 Å². The molecule has 0 aromatic rings. The van der Waals surface area contributed by atoms with E-state index in [1.165, 1.54) is 31.4 Å². The van der Waals surface area contributed by atoms with Gasteiger partial charge in [0.25, 0.3) is 0 Å². The first kappa shape index (κ1) is 14.6. The molecule has 0 radical (unpaired) electrons. The van der Waals surface area contributed by atoms with Crippen LogP contribution in [0.25, 0.3) is 0 Å². The average molecular weight is 288 g/mol. The van der Waals surface area contributed by atoms with E-state index in [4.69, 9.17) is 4.74 Å². The van der Waals surface area contributed by atoms with E-state index in [1.807, 2.05) is 0 Å². The van der Waals surface area contributed by atoms with Crippen molar-refractivity contribution >= 4 is 11.8 Å². The van der Waals surface area contributed by atoms with Crippen LogP contribution >= 0.6 is 0 Å². The normalized spacial score (nSPS) is 39.8. The van der Waals surface area contributed by atoms with Gasteiger partial charge in [0, 0.05) is 12.5 Å². The van der Waals surface area contributed by atoms with Gasteiger partial charge in [-0.15, -0.1) is 0 Å². The number of rotatable bonds is 6. The van der Waals surface area contributed by atoms with Crippen LogP contribution in [0.5, 0.6) is 0 Å². The molecule has 2 bridgehead atoms. The van der Waals surface area contributed by atoms with E-state index >= 15 is 0 Å². The predicted octanol–water partition coefficient (Wildman–Crippen LogP) is 3.30. The van der Waals surface area contributed by atoms with Crippen molar-refractivity contribution in [3.05, 3.63) is 25.3 Å². The number of fused-ring (bicyclic) bond motifs is 5. The van der Waals surface area contributed by atoms with Gasteiger partial charge in [-0.25, -0.2) is 4.79 Å². The molecular formula is C18H24O3. The number of allylic oxidation sites excluding steroid dienone is 1. The van der Waals surface area contributed by atoms with Crippen LogP contribution in [-0.2, 0) is 14.3 Å². The zero-order chi connectivity index (χ0) is 15.0. The molecule has 3 saturated carbocycles. The van der Waals surface area contributed by atoms with Gasteiger partial charge in [0.15, 0.2) is 5.78 Å². The summed E-state index contributed by atoms with van der Waals surface area (Å²) in [5, 5.41) is 0. The molecule has 3 aliphatic rings. The SMILES string of the molecule is C=CC(=O)CCC1CC2C3CC(OC(=O)C=C)C(C3)C2C1. The van der Waals surface area contributed by atoms with E-state index in [2.05, 4.69) is 13.2 Å². The molecule has 0 aliphatic heterocycles. The lowest BCUT2D eigenvalue weighted by Crippen LogP contribution is -2.31. The summed E-state index contributed by atoms with van der Waals surface area (Å²) in [6, 6.07) is 0. The summed E-state index contributed by atoms with van der Waals surface area (Å²) in [7, 11) is 0. The van der Waals surface area contributed by atoms with Crippen LogP contribution in [0.3, 0.4) is 0 Å². The Balaban J connectivity index is 1.56. The van der Waals surface area contributed by atoms with Crippen molar-refractivity contribution in [1.29, 1.82) is 0 Å². The Hall–Kier alpha value is -1.38. The maximum atomic E-state index is 11.4. The van der Waals surface area contributed by atoms with Crippen LogP contribution in [0.4, 0.5) is 0 Å². The van der Waals surface area contributed by atoms with Gasteiger partial charge in [0.2, 0.25) is 0 Å². The highest BCUT2D eigenvalue weighted by Crippen LogP contribution is 2.61. The highest BCUT2D eigenvalue weighted by Gasteiger charge is 2.56. The molecule has 6 atom stereocenters. The minimum Gasteiger partial charge on any atom is -0.459 e. The summed E-state index contributed by atoms with van der Waals surface area (Å²) >= 11 is 0. The van der Waals surface area contributed by atoms with Crippen molar-refractivity contribution in [2.24, 2.45) is 29.6 Å². The molecule has 3 rings (SSSR count). The van der Waals surface area contributed by atoms with Crippen LogP contribution in [0.15, 0.2) is 25.3 Å². The van der Waals surface area contributed by atoms with Crippen molar-refractivity contribution in [2.75, 3.05) is 0 Å². The molecule has 114 valence electrons. The summed E-state index contributed by atoms with van der Waals surface area (Å²) in [5.41, 5.74) is 0. The molecule has 21 heavy (non-hydrogen) atoms. The van der Waals surface area contributed by atoms with Gasteiger partial charge in [-0.1, -0.05) is 13.2 Å². The summed E-state index contributed by atoms with van der Waals surface area (Å²) in [5.74, 6) is 3.32. The zero-order valence-corrected chi connectivity index (χ0v) is 12.5. The monoisotopic (exact) mass is 288 g/mol. The van der Waals surface area contributed by atoms with Gasteiger partial charge < -0.3 is 4.74 Å². The second-order valence-corrected chi connectivity index (χ2v) is 6.95. The Bertz CT molecular complexity index is 467. The molecule has 0 aromatic carbocycles. The van der Waals surface area contributed by atoms with Gasteiger partial charge in [-0.2, -0.15) is 0 Å². The van der Waals surface area contributed by atoms with Crippen molar-refractivity contribution in [3.63, 3.8) is 0 Å². The highest BCUT2D eigenvalue weighted by atomic mass is 16.5. The first-order valence-corrected chi connectivity index (χ1v) is 8.10. The van der Waals surface area contributed by atoms with E-state index in [0.717, 1.165) is 24.7 Å². The zero-order valence-electron chi connectivity index (χ0n) is 12.5. The number of carbonyl (C=O) groups is 2. The minimum absolute atomic E-state index is 0.107. The van der Waals surface area contributed by atoms with Gasteiger partial charge in [0.05, 0.1) is 0 Å². The second kappa shape index (κ2) is 5.78. The first-order chi connectivity index (χ1) is 10.1. The lowest BCUT2D eigenvalue weighted by atomic mass is 9.80. The first-order valence-electron chi connectivity index (χ1n) is 8.10. The number of carbonyl (C=O) groups excluding carboxylic acids is 2. The fraction of sp³-hybridized carbons (Fsp3) is 0.667. The number of esters is 1. The Kier molecular flexibility index (Phi) is 4.01. The van der Waals surface area contributed by atoms with Crippen molar-refractivity contribution in [2.45, 2.75) is 44.6 Å². The van der Waals surface area contributed by atoms with E-state index in [-0.39, 0.29) is 17.9 Å². The molecular weight excluding hydrogens is 264 g/mol. The van der Waals surface area contributed by atoms with Crippen molar-refractivity contribution in [3.8, 4) is 0 Å². The molecule has 3 nitrogen and oxygen atoms in total. The van der Waals surface area contributed by atoms with Gasteiger partial charge in [-0.3, -0.25) is 4.79 Å². The Morgan fingerprint density at radius 1 is 1.00 bits per heavy atom. The number of hydrogen-bond donors (Lipinski definition) is 0. The molecule has 3 fully saturated rings. The predicted molar refractivity (Wildman–Crippen MR) is 80.4 cm³/mol. The van der Waals surface area contributed by atoms with Crippen molar-refractivity contribution in [1.82, 2.24) is 0 Å². The maximum absolute atomic E-state index is 11.4. The van der Waals surface area contributed by atoms with E-state index in [0.29, 0.717) is 24.2 Å². The maximum Gasteiger partial charge on any atom is 0.330 e. The summed E-state index contributed by atoms with van der Waals surface area (Å²) in [6.45, 7) is 7.01. The lowest BCUT2D eigenvalue weighted by molar-refractivity contribution is -0.146. The third-order valence-corrected chi connectivity index (χ3v) is 5.96. The number of ketones is 1. The summed E-state index contributed by atoms with van der Waals surface area (Å²) in [6.07, 6.45) is 9.16. The summed E-state index contributed by atoms with van der Waals surface area (Å²) < 4.78 is 5.53. The molecule has 3 aliphatic carbocycles. The molecule has 3 heteroatoms. The summed E-state index contributed by atoms with van der Waals surface area (Å²) in [4.78, 5) is 22.8. The van der Waals surface area contributed by atoms with E-state index in [9.17, 15) is 9.59 Å². The minimum atomic E-state index is -0.282. The van der Waals surface area contributed by atoms with E-state index in [1.54, 1.807) is 0 Å². The molecule has 0 aromatic heterocycles. The van der Waals surface area contributed by atoms with Crippen LogP contribution in [0, 0.1) is 29.6 Å². The average Bonchev–Trinajstić information content (AvgIpc) is 3.14. The van der Waals surface area contributed by atoms with Crippen molar-refractivity contribution < 1.29 is 14.3 Å². The topological polar surface area (TPSA) is 43.4 Å². The fourth-order valence-electron chi connectivity index (χ4n) is 5.14. The smallest absolute Gasteiger partial charge is 0.330 e. The van der Waals surface area contributed by atoms with Crippen LogP contribution in [-0.4, -0.2) is 17.9 Å². The van der Waals surface area contributed by atoms with Gasteiger partial charge in [-0.05, 0) is 67.8 Å². The largest absolute Gasteiger partial charge is 0.459 e. The Morgan fingerprint density at radius 2 is 1.76 bits per heavy atom.